The number of hydrogen-bond donors (Lipinski definition) is 2. The summed E-state index contributed by atoms with van der Waals surface area (Å²) in [6.45, 7) is 3.12. The molecule has 142 valence electrons. The molecule has 1 aromatic carbocycles. The first-order chi connectivity index (χ1) is 11.8. The van der Waals surface area contributed by atoms with E-state index in [0.29, 0.717) is 5.75 Å². The Morgan fingerprint density at radius 3 is 2.12 bits per heavy atom. The summed E-state index contributed by atoms with van der Waals surface area (Å²) >= 11 is 0. The van der Waals surface area contributed by atoms with Crippen molar-refractivity contribution < 1.29 is 38.1 Å². The van der Waals surface area contributed by atoms with Crippen molar-refractivity contribution in [2.45, 2.75) is 26.1 Å². The molecule has 0 amide bonds. The Hall–Kier alpha value is -1.44. The number of benzene rings is 1. The predicted molar refractivity (Wildman–Crippen MR) is 91.0 cm³/mol. The fourth-order valence-electron chi connectivity index (χ4n) is 1.97. The normalized spacial score (nSPS) is 14.0. The number of hydrogen-bond acceptors (Lipinski definition) is 8. The van der Waals surface area contributed by atoms with Crippen LogP contribution in [-0.2, 0) is 18.3 Å². The van der Waals surface area contributed by atoms with Gasteiger partial charge >= 0.3 is 13.6 Å². The minimum atomic E-state index is -3.51. The molecular weight excluding hydrogens is 351 g/mol. The molecule has 0 saturated heterocycles. The monoisotopic (exact) mass is 376 g/mol. The summed E-state index contributed by atoms with van der Waals surface area (Å²) < 4.78 is 32.4. The van der Waals surface area contributed by atoms with E-state index in [9.17, 15) is 19.6 Å². The van der Waals surface area contributed by atoms with Crippen LogP contribution in [0.15, 0.2) is 24.3 Å². The SMILES string of the molecule is CCOP(=O)(C[C@@H](O)[C@H](O)COC(=O)c1ccc(OC)cc1)OCC. The molecule has 9 heteroatoms. The molecule has 0 aliphatic rings. The highest BCUT2D eigenvalue weighted by molar-refractivity contribution is 7.53. The average Bonchev–Trinajstić information content (AvgIpc) is 2.59. The van der Waals surface area contributed by atoms with E-state index in [1.54, 1.807) is 26.0 Å². The van der Waals surface area contributed by atoms with Gasteiger partial charge < -0.3 is 28.7 Å². The summed E-state index contributed by atoms with van der Waals surface area (Å²) in [7, 11) is -2.00. The van der Waals surface area contributed by atoms with Gasteiger partial charge in [-0.3, -0.25) is 4.57 Å². The van der Waals surface area contributed by atoms with Crippen molar-refractivity contribution in [1.82, 2.24) is 0 Å². The zero-order valence-electron chi connectivity index (χ0n) is 14.6. The summed E-state index contributed by atoms with van der Waals surface area (Å²) in [6.07, 6.45) is -3.24. The number of aliphatic hydroxyl groups excluding tert-OH is 2. The molecular formula is C16H25O8P. The zero-order chi connectivity index (χ0) is 18.9. The second-order valence-electron chi connectivity index (χ2n) is 5.09. The number of aliphatic hydroxyl groups is 2. The van der Waals surface area contributed by atoms with Crippen LogP contribution >= 0.6 is 7.60 Å². The lowest BCUT2D eigenvalue weighted by atomic mass is 10.2. The third kappa shape index (κ3) is 7.13. The Kier molecular flexibility index (Phi) is 9.10. The quantitative estimate of drug-likeness (QED) is 0.444. The van der Waals surface area contributed by atoms with Crippen LogP contribution in [0.5, 0.6) is 5.75 Å². The average molecular weight is 376 g/mol. The molecule has 0 spiro atoms. The number of ether oxygens (including phenoxy) is 2. The van der Waals surface area contributed by atoms with E-state index in [0.717, 1.165) is 0 Å². The van der Waals surface area contributed by atoms with Crippen molar-refractivity contribution in [3.8, 4) is 5.75 Å². The second-order valence-corrected chi connectivity index (χ2v) is 7.19. The first-order valence-corrected chi connectivity index (χ1v) is 9.63. The van der Waals surface area contributed by atoms with Gasteiger partial charge in [0.05, 0.1) is 38.2 Å². The number of carbonyl (C=O) groups is 1. The third-order valence-corrected chi connectivity index (χ3v) is 5.34. The molecule has 0 bridgehead atoms. The largest absolute Gasteiger partial charge is 0.497 e. The van der Waals surface area contributed by atoms with Crippen LogP contribution in [0.25, 0.3) is 0 Å². The topological polar surface area (TPSA) is 112 Å². The highest BCUT2D eigenvalue weighted by Crippen LogP contribution is 2.48. The Labute approximate surface area is 147 Å². The van der Waals surface area contributed by atoms with Crippen molar-refractivity contribution in [2.75, 3.05) is 33.1 Å². The van der Waals surface area contributed by atoms with E-state index >= 15 is 0 Å². The van der Waals surface area contributed by atoms with Gasteiger partial charge in [-0.25, -0.2) is 4.79 Å². The van der Waals surface area contributed by atoms with Crippen LogP contribution in [0.1, 0.15) is 24.2 Å². The molecule has 0 aliphatic carbocycles. The maximum atomic E-state index is 12.3. The standard InChI is InChI=1S/C16H25O8P/c1-4-23-25(20,24-5-2)11-15(18)14(17)10-22-16(19)12-6-8-13(21-3)9-7-12/h6-9,14-15,17-18H,4-5,10-11H2,1-3H3/t14-,15-/m1/s1. The van der Waals surface area contributed by atoms with Crippen LogP contribution in [0.2, 0.25) is 0 Å². The van der Waals surface area contributed by atoms with Crippen molar-refractivity contribution in [1.29, 1.82) is 0 Å². The Morgan fingerprint density at radius 2 is 1.64 bits per heavy atom. The highest BCUT2D eigenvalue weighted by Gasteiger charge is 2.31. The molecule has 25 heavy (non-hydrogen) atoms. The molecule has 8 nitrogen and oxygen atoms in total. The van der Waals surface area contributed by atoms with Gasteiger partial charge in [0, 0.05) is 0 Å². The first-order valence-electron chi connectivity index (χ1n) is 7.90. The summed E-state index contributed by atoms with van der Waals surface area (Å²) in [5, 5.41) is 19.9. The molecule has 0 aliphatic heterocycles. The van der Waals surface area contributed by atoms with Gasteiger partial charge in [0.2, 0.25) is 0 Å². The molecule has 0 aromatic heterocycles. The number of rotatable bonds is 11. The molecule has 0 fully saturated rings. The Balaban J connectivity index is 2.54. The molecule has 0 saturated carbocycles. The Morgan fingerprint density at radius 1 is 1.08 bits per heavy atom. The summed E-state index contributed by atoms with van der Waals surface area (Å²) in [5.74, 6) is -0.0682. The lowest BCUT2D eigenvalue weighted by molar-refractivity contribution is -0.0208. The van der Waals surface area contributed by atoms with Gasteiger partial charge in [0.1, 0.15) is 18.5 Å². The van der Waals surface area contributed by atoms with Gasteiger partial charge in [-0.05, 0) is 38.1 Å². The molecule has 0 unspecified atom stereocenters. The van der Waals surface area contributed by atoms with Crippen molar-refractivity contribution in [2.24, 2.45) is 0 Å². The van der Waals surface area contributed by atoms with Crippen molar-refractivity contribution in [3.05, 3.63) is 29.8 Å². The minimum Gasteiger partial charge on any atom is -0.497 e. The number of carbonyl (C=O) groups excluding carboxylic acids is 1. The van der Waals surface area contributed by atoms with Crippen molar-refractivity contribution >= 4 is 13.6 Å². The highest BCUT2D eigenvalue weighted by atomic mass is 31.2. The molecule has 1 aromatic rings. The van der Waals surface area contributed by atoms with E-state index in [4.69, 9.17) is 18.5 Å². The molecule has 2 N–H and O–H groups in total. The van der Waals surface area contributed by atoms with Crippen LogP contribution in [0.3, 0.4) is 0 Å². The van der Waals surface area contributed by atoms with E-state index in [1.807, 2.05) is 0 Å². The summed E-state index contributed by atoms with van der Waals surface area (Å²) in [5.41, 5.74) is 0.275. The molecule has 2 atom stereocenters. The first kappa shape index (κ1) is 21.6. The maximum absolute atomic E-state index is 12.3. The van der Waals surface area contributed by atoms with Crippen LogP contribution in [0.4, 0.5) is 0 Å². The minimum absolute atomic E-state index is 0.145. The fourth-order valence-corrected chi connectivity index (χ4v) is 3.74. The van der Waals surface area contributed by atoms with E-state index in [1.165, 1.54) is 19.2 Å². The number of methoxy groups -OCH3 is 1. The Bertz CT molecular complexity index is 564. The van der Waals surface area contributed by atoms with Crippen LogP contribution in [0, 0.1) is 0 Å². The second kappa shape index (κ2) is 10.5. The van der Waals surface area contributed by atoms with E-state index in [2.05, 4.69) is 0 Å². The van der Waals surface area contributed by atoms with Crippen molar-refractivity contribution in [3.63, 3.8) is 0 Å². The van der Waals surface area contributed by atoms with Crippen LogP contribution < -0.4 is 4.74 Å². The molecule has 0 radical (unpaired) electrons. The lowest BCUT2D eigenvalue weighted by Gasteiger charge is -2.23. The van der Waals surface area contributed by atoms with E-state index < -0.39 is 38.5 Å². The van der Waals surface area contributed by atoms with Crippen LogP contribution in [-0.4, -0.2) is 61.5 Å². The van der Waals surface area contributed by atoms with Gasteiger partial charge in [-0.1, -0.05) is 0 Å². The molecule has 0 heterocycles. The smallest absolute Gasteiger partial charge is 0.338 e. The predicted octanol–water partition coefficient (Wildman–Crippen LogP) is 1.84. The summed E-state index contributed by atoms with van der Waals surface area (Å²) in [4.78, 5) is 11.9. The summed E-state index contributed by atoms with van der Waals surface area (Å²) in [6, 6.07) is 6.23. The van der Waals surface area contributed by atoms with Gasteiger partial charge in [0.15, 0.2) is 0 Å². The maximum Gasteiger partial charge on any atom is 0.338 e. The lowest BCUT2D eigenvalue weighted by Crippen LogP contribution is -2.34. The number of esters is 1. The third-order valence-electron chi connectivity index (χ3n) is 3.22. The van der Waals surface area contributed by atoms with Gasteiger partial charge in [-0.15, -0.1) is 0 Å². The zero-order valence-corrected chi connectivity index (χ0v) is 15.5. The van der Waals surface area contributed by atoms with E-state index in [-0.39, 0.29) is 18.8 Å². The van der Waals surface area contributed by atoms with Gasteiger partial charge in [0.25, 0.3) is 0 Å². The van der Waals surface area contributed by atoms with Gasteiger partial charge in [-0.2, -0.15) is 0 Å². The fraction of sp³-hybridized carbons (Fsp3) is 0.562. The molecule has 1 rings (SSSR count).